The van der Waals surface area contributed by atoms with E-state index in [1.807, 2.05) is 82.4 Å². The number of nitrogens with zero attached hydrogens (tertiary/aromatic N) is 14. The Balaban J connectivity index is 0.000000140. The highest BCUT2D eigenvalue weighted by molar-refractivity contribution is 6.00. The van der Waals surface area contributed by atoms with Gasteiger partial charge in [-0.15, -0.1) is 6.42 Å². The Morgan fingerprint density at radius 1 is 0.364 bits per heavy atom. The van der Waals surface area contributed by atoms with Crippen LogP contribution in [0.4, 0.5) is 34.6 Å². The van der Waals surface area contributed by atoms with Crippen molar-refractivity contribution < 1.29 is 28.7 Å². The number of ether oxygens (including phenoxy) is 2. The molecule has 28 nitrogen and oxygen atoms in total. The number of terminal acetylenes is 1. The van der Waals surface area contributed by atoms with Gasteiger partial charge in [-0.3, -0.25) is 19.2 Å². The van der Waals surface area contributed by atoms with Gasteiger partial charge in [0.05, 0.1) is 14.2 Å². The summed E-state index contributed by atoms with van der Waals surface area (Å²) in [6.45, 7) is 16.4. The van der Waals surface area contributed by atoms with Crippen LogP contribution < -0.4 is 61.8 Å². The summed E-state index contributed by atoms with van der Waals surface area (Å²) in [7, 11) is 5.48. The maximum atomic E-state index is 12.9. The molecule has 8 heterocycles. The number of carbonyl (C=O) groups excluding carboxylic acids is 4. The second-order valence-electron chi connectivity index (χ2n) is 38.3. The van der Waals surface area contributed by atoms with Crippen LogP contribution in [0.5, 0.6) is 11.5 Å². The van der Waals surface area contributed by atoms with Crippen molar-refractivity contribution in [2.45, 2.75) is 263 Å². The average molecular weight is 1900 g/mol. The molecule has 7 aliphatic rings. The van der Waals surface area contributed by atoms with E-state index in [4.69, 9.17) is 15.9 Å². The second-order valence-corrected chi connectivity index (χ2v) is 38.3. The van der Waals surface area contributed by atoms with E-state index >= 15 is 0 Å². The molecule has 0 radical (unpaired) electrons. The minimum Gasteiger partial charge on any atom is -0.497 e. The van der Waals surface area contributed by atoms with Crippen LogP contribution in [0.2, 0.25) is 0 Å². The number of aromatic nitrogens is 11. The van der Waals surface area contributed by atoms with Crippen LogP contribution in [0.1, 0.15) is 283 Å². The molecular weight excluding hydrogens is 1750 g/mol. The van der Waals surface area contributed by atoms with Gasteiger partial charge < -0.3 is 71.3 Å². The number of methoxy groups -OCH3 is 2. The fourth-order valence-electron chi connectivity index (χ4n) is 19.6. The van der Waals surface area contributed by atoms with E-state index in [0.717, 1.165) is 156 Å². The first kappa shape index (κ1) is 103. The number of carbonyl (C=O) groups is 4. The van der Waals surface area contributed by atoms with E-state index in [1.54, 1.807) is 39.0 Å². The predicted molar refractivity (Wildman–Crippen MR) is 560 cm³/mol. The number of fused-ring (bicyclic) bond motifs is 1. The standard InChI is InChI=1S/C25H36N6O.C24H33N5O.2C21H28N4O2.C21H21N3/c1-19-27-18-23(24(28-19)29-21-6-4-3-5-7-21)25(32)26-13-12-20-8-10-22(11-9-20)31-16-14-30(2)15-17-31;1-18-26-17-22(23(27-18)28-20-7-3-2-4-8-20)24(30)25-14-13-19-9-11-21(12-10-19)29-15-5-6-16-29;1-15-23-14-19(20(24-15)25-17-8-4-3-5-9-17)21(26)22-12-11-16-7-6-10-18(13-16)27-2;1-15-23-14-19(20(24-15)25-17-6-4-3-5-7-17)21(26)22-13-12-16-8-10-18(27-2)11-9-16;1-2-20-22-15-17-14-19(13-16-9-5-3-6-10-16)24(21(17)23-20)18-11-7-4-8-12-18/h8-11,18,21H,3-7,12-17H2,1-2H3,(H,26,32)(H,27,28,29);9-12,17,20H,2-8,13-16H2,1H3,(H,25,30)(H,26,27,28);6-7,10,13-14,17H,3-5,8-9,11-12H2,1-2H3,(H,22,26)(H,23,24,25);8-11,14,17H,3-7,12-13H2,1-2H3,(H,22,26)(H,23,24,25);1,3,5-6,9-10,14-15,18H,4,7-8,11-13H2. The van der Waals surface area contributed by atoms with E-state index in [9.17, 15) is 19.2 Å². The third-order valence-electron chi connectivity index (χ3n) is 27.7. The molecule has 11 aromatic rings. The van der Waals surface area contributed by atoms with Gasteiger partial charge in [0, 0.05) is 156 Å². The van der Waals surface area contributed by atoms with Crippen LogP contribution in [0.3, 0.4) is 0 Å². The molecule has 140 heavy (non-hydrogen) atoms. The Hall–Kier alpha value is -13.2. The summed E-state index contributed by atoms with van der Waals surface area (Å²) in [5, 5.41) is 27.1. The van der Waals surface area contributed by atoms with Gasteiger partial charge in [0.2, 0.25) is 5.82 Å². The number of benzene rings is 5. The van der Waals surface area contributed by atoms with E-state index in [1.165, 1.54) is 156 Å². The average Bonchev–Trinajstić information content (AvgIpc) is 1.62. The van der Waals surface area contributed by atoms with Crippen molar-refractivity contribution in [3.05, 3.63) is 249 Å². The Labute approximate surface area is 828 Å². The number of amides is 4. The van der Waals surface area contributed by atoms with Crippen molar-refractivity contribution >= 4 is 69.3 Å². The van der Waals surface area contributed by atoms with Gasteiger partial charge in [0.15, 0.2) is 0 Å². The zero-order chi connectivity index (χ0) is 97.6. The molecule has 740 valence electrons. The summed E-state index contributed by atoms with van der Waals surface area (Å²) in [4.78, 5) is 102. The van der Waals surface area contributed by atoms with Crippen molar-refractivity contribution in [3.8, 4) is 23.8 Å². The van der Waals surface area contributed by atoms with Crippen LogP contribution >= 0.6 is 0 Å². The minimum atomic E-state index is -0.142. The van der Waals surface area contributed by atoms with Gasteiger partial charge in [0.1, 0.15) is 86.0 Å². The number of likely N-dealkylation sites (N-methyl/N-ethyl adjacent to an activating group) is 1. The highest BCUT2D eigenvalue weighted by Gasteiger charge is 2.28. The molecule has 18 rings (SSSR count). The lowest BCUT2D eigenvalue weighted by atomic mass is 9.95. The van der Waals surface area contributed by atoms with Crippen molar-refractivity contribution in [3.63, 3.8) is 0 Å². The van der Waals surface area contributed by atoms with Gasteiger partial charge in [-0.2, -0.15) is 0 Å². The maximum absolute atomic E-state index is 12.9. The number of anilines is 6. The molecule has 0 unspecified atom stereocenters. The summed E-state index contributed by atoms with van der Waals surface area (Å²) in [6, 6.07) is 48.2. The quantitative estimate of drug-likeness (QED) is 0.0187. The molecule has 4 amide bonds. The van der Waals surface area contributed by atoms with Crippen molar-refractivity contribution in [1.82, 2.24) is 80.6 Å². The third kappa shape index (κ3) is 31.4. The zero-order valence-corrected chi connectivity index (χ0v) is 83.5. The number of nitrogens with one attached hydrogen (secondary N) is 8. The highest BCUT2D eigenvalue weighted by atomic mass is 16.5. The summed E-state index contributed by atoms with van der Waals surface area (Å²) in [5.74, 6) is 9.53. The molecule has 0 bridgehead atoms. The molecular formula is C112H146N22O6. The first-order valence-electron chi connectivity index (χ1n) is 51.5. The van der Waals surface area contributed by atoms with Gasteiger partial charge in [-0.1, -0.05) is 175 Å². The Kier molecular flexibility index (Phi) is 39.5. The molecule has 5 aromatic carbocycles. The van der Waals surface area contributed by atoms with Crippen LogP contribution in [0.15, 0.2) is 164 Å². The number of hydrogen-bond acceptors (Lipinski definition) is 23. The lowest BCUT2D eigenvalue weighted by Gasteiger charge is -2.34. The molecule has 8 N–H and O–H groups in total. The van der Waals surface area contributed by atoms with Crippen molar-refractivity contribution in [1.29, 1.82) is 0 Å². The SMILES string of the molecule is C#Cc1ncc2cc(Cc3ccccc3)n(C3CCCCC3)c2n1.COc1ccc(CCNC(=O)c2cnc(C)nc2NC2CCCCC2)cc1.COc1cccc(CCNC(=O)c2cnc(C)nc2NC2CCCCC2)c1.Cc1ncc(C(=O)NCCc2ccc(N3CCCC3)cc2)c(NC2CCCCC2)n1.Cc1ncc(C(=O)NCCc2ccc(N3CCN(C)CC3)cc2)c(NC2CCCCC2)n1. The molecule has 0 spiro atoms. The van der Waals surface area contributed by atoms with Crippen LogP contribution in [-0.4, -0.2) is 194 Å². The minimum absolute atomic E-state index is 0.109. The van der Waals surface area contributed by atoms with Gasteiger partial charge in [-0.05, 0) is 226 Å². The van der Waals surface area contributed by atoms with Crippen LogP contribution in [0, 0.1) is 40.0 Å². The zero-order valence-electron chi connectivity index (χ0n) is 83.5. The topological polar surface area (TPSA) is 327 Å². The molecule has 5 saturated carbocycles. The van der Waals surface area contributed by atoms with E-state index in [-0.39, 0.29) is 23.6 Å². The number of piperazine rings is 1. The molecule has 6 aromatic heterocycles. The summed E-state index contributed by atoms with van der Waals surface area (Å²) < 4.78 is 12.8. The molecule has 7 fully saturated rings. The summed E-state index contributed by atoms with van der Waals surface area (Å²) in [6.07, 6.45) is 50.9. The van der Waals surface area contributed by atoms with Crippen LogP contribution in [-0.2, 0) is 32.1 Å². The largest absolute Gasteiger partial charge is 0.497 e. The second kappa shape index (κ2) is 53.9. The Bertz CT molecular complexity index is 5770. The maximum Gasteiger partial charge on any atom is 0.256 e. The smallest absolute Gasteiger partial charge is 0.256 e. The number of hydrogen-bond donors (Lipinski definition) is 8. The molecule has 5 aliphatic carbocycles. The summed E-state index contributed by atoms with van der Waals surface area (Å²) in [5.41, 5.74) is 13.0. The molecule has 28 heteroatoms. The van der Waals surface area contributed by atoms with E-state index < -0.39 is 0 Å². The molecule has 2 aliphatic heterocycles. The molecule has 0 atom stereocenters. The van der Waals surface area contributed by atoms with Crippen molar-refractivity contribution in [2.75, 3.05) is 118 Å². The van der Waals surface area contributed by atoms with E-state index in [2.05, 4.69) is 210 Å². The highest BCUT2D eigenvalue weighted by Crippen LogP contribution is 2.36. The first-order valence-corrected chi connectivity index (χ1v) is 51.5. The Morgan fingerprint density at radius 2 is 0.721 bits per heavy atom. The third-order valence-corrected chi connectivity index (χ3v) is 27.7. The first-order chi connectivity index (χ1) is 68.4. The normalized spacial score (nSPS) is 16.0. The van der Waals surface area contributed by atoms with Gasteiger partial charge in [0.25, 0.3) is 23.6 Å². The number of rotatable bonds is 31. The lowest BCUT2D eigenvalue weighted by Crippen LogP contribution is -2.44. The monoisotopic (exact) mass is 1900 g/mol. The lowest BCUT2D eigenvalue weighted by molar-refractivity contribution is 0.0945. The predicted octanol–water partition coefficient (Wildman–Crippen LogP) is 18.9. The van der Waals surface area contributed by atoms with Gasteiger partial charge in [-0.25, -0.2) is 49.8 Å². The van der Waals surface area contributed by atoms with Crippen LogP contribution in [0.25, 0.3) is 11.0 Å². The van der Waals surface area contributed by atoms with E-state index in [0.29, 0.717) is 131 Å². The fourth-order valence-corrected chi connectivity index (χ4v) is 19.6. The number of aryl methyl sites for hydroxylation is 4. The van der Waals surface area contributed by atoms with Crippen molar-refractivity contribution in [2.24, 2.45) is 0 Å². The fraction of sp³-hybridized carbons (Fsp3) is 0.482. The Morgan fingerprint density at radius 3 is 1.10 bits per heavy atom. The van der Waals surface area contributed by atoms with Gasteiger partial charge >= 0.3 is 0 Å². The summed E-state index contributed by atoms with van der Waals surface area (Å²) >= 11 is 0. The molecule has 2 saturated heterocycles.